The number of ether oxygens (including phenoxy) is 1. The molecule has 4 N–H and O–H groups in total. The summed E-state index contributed by atoms with van der Waals surface area (Å²) in [5.74, 6) is 0.780. The molecule has 0 aliphatic rings. The van der Waals surface area contributed by atoms with Crippen molar-refractivity contribution in [3.05, 3.63) is 29.8 Å². The van der Waals surface area contributed by atoms with Crippen LogP contribution in [0.15, 0.2) is 34.5 Å². The van der Waals surface area contributed by atoms with Crippen LogP contribution in [-0.4, -0.2) is 17.8 Å². The lowest BCUT2D eigenvalue weighted by atomic mass is 10.1. The molecule has 0 unspecified atom stereocenters. The molecule has 1 aromatic carbocycles. The summed E-state index contributed by atoms with van der Waals surface area (Å²) in [5.41, 5.74) is 12.1. The van der Waals surface area contributed by atoms with Gasteiger partial charge >= 0.3 is 0 Å². The predicted molar refractivity (Wildman–Crippen MR) is 70.2 cm³/mol. The molecule has 1 rings (SSSR count). The topological polar surface area (TPSA) is 86.0 Å². The zero-order valence-corrected chi connectivity index (χ0v) is 10.3. The van der Waals surface area contributed by atoms with Gasteiger partial charge in [-0.2, -0.15) is 5.10 Å². The Hall–Kier alpha value is -2.04. The molecule has 5 heteroatoms. The second kappa shape index (κ2) is 5.89. The van der Waals surface area contributed by atoms with Crippen molar-refractivity contribution in [1.29, 1.82) is 0 Å². The largest absolute Gasteiger partial charge is 0.491 e. The monoisotopic (exact) mass is 234 g/mol. The second-order valence-corrected chi connectivity index (χ2v) is 3.90. The van der Waals surface area contributed by atoms with Crippen LogP contribution in [0.1, 0.15) is 26.3 Å². The van der Waals surface area contributed by atoms with Gasteiger partial charge in [0.2, 0.25) is 5.96 Å². The van der Waals surface area contributed by atoms with E-state index >= 15 is 0 Å². The van der Waals surface area contributed by atoms with Gasteiger partial charge in [-0.1, -0.05) is 0 Å². The highest BCUT2D eigenvalue weighted by Crippen LogP contribution is 2.14. The zero-order valence-electron chi connectivity index (χ0n) is 10.3. The lowest BCUT2D eigenvalue weighted by Crippen LogP contribution is -2.22. The molecular weight excluding hydrogens is 216 g/mol. The number of hydrogen-bond donors (Lipinski definition) is 2. The molecule has 0 radical (unpaired) electrons. The molecular formula is C12H18N4O. The van der Waals surface area contributed by atoms with Crippen molar-refractivity contribution in [3.63, 3.8) is 0 Å². The lowest BCUT2D eigenvalue weighted by Gasteiger charge is -2.09. The molecule has 0 atom stereocenters. The first-order valence-electron chi connectivity index (χ1n) is 5.39. The van der Waals surface area contributed by atoms with Gasteiger partial charge in [-0.05, 0) is 50.6 Å². The van der Waals surface area contributed by atoms with Crippen molar-refractivity contribution >= 4 is 11.7 Å². The summed E-state index contributed by atoms with van der Waals surface area (Å²) in [6, 6.07) is 7.62. The maximum absolute atomic E-state index is 5.54. The first kappa shape index (κ1) is 13.0. The molecule has 0 bridgehead atoms. The van der Waals surface area contributed by atoms with Gasteiger partial charge in [0.1, 0.15) is 5.75 Å². The highest BCUT2D eigenvalue weighted by atomic mass is 16.5. The van der Waals surface area contributed by atoms with Crippen LogP contribution in [0.4, 0.5) is 0 Å². The number of guanidine groups is 1. The molecule has 1 aromatic rings. The molecule has 92 valence electrons. The minimum atomic E-state index is -0.0517. The molecule has 0 saturated heterocycles. The van der Waals surface area contributed by atoms with E-state index in [1.165, 1.54) is 0 Å². The van der Waals surface area contributed by atoms with Gasteiger partial charge in [0.25, 0.3) is 0 Å². The van der Waals surface area contributed by atoms with Crippen molar-refractivity contribution in [2.24, 2.45) is 21.7 Å². The summed E-state index contributed by atoms with van der Waals surface area (Å²) in [5, 5.41) is 7.50. The number of benzene rings is 1. The van der Waals surface area contributed by atoms with Crippen molar-refractivity contribution in [2.45, 2.75) is 26.9 Å². The van der Waals surface area contributed by atoms with Gasteiger partial charge < -0.3 is 16.2 Å². The van der Waals surface area contributed by atoms with E-state index < -0.39 is 0 Å². The van der Waals surface area contributed by atoms with Crippen LogP contribution < -0.4 is 16.2 Å². The van der Waals surface area contributed by atoms with Crippen LogP contribution in [0.2, 0.25) is 0 Å². The first-order chi connectivity index (χ1) is 7.99. The van der Waals surface area contributed by atoms with E-state index in [4.69, 9.17) is 16.2 Å². The van der Waals surface area contributed by atoms with Crippen molar-refractivity contribution in [3.8, 4) is 5.75 Å². The lowest BCUT2D eigenvalue weighted by molar-refractivity contribution is 0.242. The van der Waals surface area contributed by atoms with Crippen LogP contribution in [0, 0.1) is 0 Å². The minimum Gasteiger partial charge on any atom is -0.491 e. The Balaban J connectivity index is 2.80. The van der Waals surface area contributed by atoms with E-state index in [2.05, 4.69) is 10.2 Å². The Labute approximate surface area is 101 Å². The Morgan fingerprint density at radius 2 is 1.71 bits per heavy atom. The Kier molecular flexibility index (Phi) is 4.51. The molecule has 5 nitrogen and oxygen atoms in total. The Morgan fingerprint density at radius 1 is 1.12 bits per heavy atom. The number of nitrogens with zero attached hydrogens (tertiary/aromatic N) is 2. The van der Waals surface area contributed by atoms with Crippen LogP contribution >= 0.6 is 0 Å². The average Bonchev–Trinajstić information content (AvgIpc) is 2.26. The number of hydrogen-bond acceptors (Lipinski definition) is 3. The maximum Gasteiger partial charge on any atom is 0.211 e. The van der Waals surface area contributed by atoms with E-state index in [0.29, 0.717) is 0 Å². The molecule has 0 heterocycles. The first-order valence-corrected chi connectivity index (χ1v) is 5.39. The van der Waals surface area contributed by atoms with E-state index in [0.717, 1.165) is 17.0 Å². The smallest absolute Gasteiger partial charge is 0.211 e. The maximum atomic E-state index is 5.54. The van der Waals surface area contributed by atoms with Crippen LogP contribution in [-0.2, 0) is 0 Å². The van der Waals surface area contributed by atoms with Crippen molar-refractivity contribution in [1.82, 2.24) is 0 Å². The third-order valence-corrected chi connectivity index (χ3v) is 1.96. The fourth-order valence-corrected chi connectivity index (χ4v) is 1.24. The summed E-state index contributed by atoms with van der Waals surface area (Å²) in [6.45, 7) is 5.81. The van der Waals surface area contributed by atoms with Gasteiger partial charge in [0.15, 0.2) is 0 Å². The van der Waals surface area contributed by atoms with E-state index in [-0.39, 0.29) is 12.1 Å². The SMILES string of the molecule is CC(=NN=C(N)N)c1ccc(OC(C)C)cc1. The third kappa shape index (κ3) is 4.55. The summed E-state index contributed by atoms with van der Waals surface area (Å²) < 4.78 is 5.54. The molecule has 0 amide bonds. The van der Waals surface area contributed by atoms with E-state index in [1.807, 2.05) is 45.0 Å². The third-order valence-electron chi connectivity index (χ3n) is 1.96. The highest BCUT2D eigenvalue weighted by Gasteiger charge is 2.00. The second-order valence-electron chi connectivity index (χ2n) is 3.90. The summed E-state index contributed by atoms with van der Waals surface area (Å²) in [6.07, 6.45) is 0.164. The molecule has 0 aliphatic carbocycles. The molecule has 0 aliphatic heterocycles. The molecule has 0 saturated carbocycles. The Morgan fingerprint density at radius 3 is 2.18 bits per heavy atom. The highest BCUT2D eigenvalue weighted by molar-refractivity contribution is 5.99. The zero-order chi connectivity index (χ0) is 12.8. The quantitative estimate of drug-likeness (QED) is 0.470. The molecule has 0 spiro atoms. The average molecular weight is 234 g/mol. The molecule has 0 aromatic heterocycles. The van der Waals surface area contributed by atoms with Gasteiger partial charge in [-0.3, -0.25) is 0 Å². The van der Waals surface area contributed by atoms with Crippen LogP contribution in [0.25, 0.3) is 0 Å². The van der Waals surface area contributed by atoms with Crippen molar-refractivity contribution in [2.75, 3.05) is 0 Å². The standard InChI is InChI=1S/C12H18N4O/c1-8(2)17-11-6-4-10(5-7-11)9(3)15-16-12(13)14/h4-8H,1-3H3,(H4,13,14,16). The number of nitrogens with two attached hydrogens (primary N) is 2. The van der Waals surface area contributed by atoms with Gasteiger partial charge in [0, 0.05) is 0 Å². The summed E-state index contributed by atoms with van der Waals surface area (Å²) in [4.78, 5) is 0. The molecule has 0 fully saturated rings. The Bertz CT molecular complexity index is 417. The van der Waals surface area contributed by atoms with E-state index in [9.17, 15) is 0 Å². The fourth-order valence-electron chi connectivity index (χ4n) is 1.24. The fraction of sp³-hybridized carbons (Fsp3) is 0.333. The van der Waals surface area contributed by atoms with Gasteiger partial charge in [-0.15, -0.1) is 5.10 Å². The predicted octanol–water partition coefficient (Wildman–Crippen LogP) is 1.47. The van der Waals surface area contributed by atoms with Crippen molar-refractivity contribution < 1.29 is 4.74 Å². The van der Waals surface area contributed by atoms with E-state index in [1.54, 1.807) is 0 Å². The summed E-state index contributed by atoms with van der Waals surface area (Å²) >= 11 is 0. The van der Waals surface area contributed by atoms with Crippen LogP contribution in [0.3, 0.4) is 0 Å². The van der Waals surface area contributed by atoms with Gasteiger partial charge in [-0.25, -0.2) is 0 Å². The minimum absolute atomic E-state index is 0.0517. The summed E-state index contributed by atoms with van der Waals surface area (Å²) in [7, 11) is 0. The van der Waals surface area contributed by atoms with Gasteiger partial charge in [0.05, 0.1) is 11.8 Å². The molecule has 17 heavy (non-hydrogen) atoms. The van der Waals surface area contributed by atoms with Crippen LogP contribution in [0.5, 0.6) is 5.75 Å². The number of rotatable bonds is 4. The normalized spacial score (nSPS) is 11.4.